The quantitative estimate of drug-likeness (QED) is 0.582. The molecule has 0 spiro atoms. The highest BCUT2D eigenvalue weighted by molar-refractivity contribution is 6.11. The van der Waals surface area contributed by atoms with Crippen LogP contribution in [0.2, 0.25) is 0 Å². The molecule has 0 amide bonds. The van der Waals surface area contributed by atoms with Gasteiger partial charge in [-0.3, -0.25) is 0 Å². The lowest BCUT2D eigenvalue weighted by atomic mass is 10.1. The number of rotatable bonds is 4. The lowest BCUT2D eigenvalue weighted by molar-refractivity contribution is 0.324. The number of hydrogen-bond donors (Lipinski definition) is 2. The number of pyridine rings is 1. The highest BCUT2D eigenvalue weighted by Crippen LogP contribution is 2.42. The number of H-pyrrole nitrogens is 1. The second kappa shape index (κ2) is 6.15. The number of benzene rings is 2. The minimum absolute atomic E-state index is 0.450. The summed E-state index contributed by atoms with van der Waals surface area (Å²) in [7, 11) is 4.76. The normalized spacial score (nSPS) is 11.0. The third-order valence-corrected chi connectivity index (χ3v) is 4.45. The Labute approximate surface area is 150 Å². The van der Waals surface area contributed by atoms with Gasteiger partial charge in [-0.15, -0.1) is 0 Å². The SMILES string of the molecule is COc1cc(-c2nc(N)cc3c2[nH]c2ccccc23)cc(OC)c1OC. The van der Waals surface area contributed by atoms with Crippen molar-refractivity contribution in [2.75, 3.05) is 27.1 Å². The average molecular weight is 349 g/mol. The van der Waals surface area contributed by atoms with Crippen molar-refractivity contribution in [2.45, 2.75) is 0 Å². The molecule has 0 unspecified atom stereocenters. The van der Waals surface area contributed by atoms with E-state index in [2.05, 4.69) is 16.0 Å². The molecule has 0 saturated heterocycles. The molecule has 132 valence electrons. The van der Waals surface area contributed by atoms with Crippen LogP contribution in [0.25, 0.3) is 33.1 Å². The Kier molecular flexibility index (Phi) is 3.80. The molecule has 2 aromatic heterocycles. The molecule has 0 aliphatic heterocycles. The van der Waals surface area contributed by atoms with Gasteiger partial charge >= 0.3 is 0 Å². The van der Waals surface area contributed by atoms with Crippen LogP contribution in [0.15, 0.2) is 42.5 Å². The van der Waals surface area contributed by atoms with Gasteiger partial charge in [-0.25, -0.2) is 4.98 Å². The van der Waals surface area contributed by atoms with Crippen LogP contribution >= 0.6 is 0 Å². The molecular weight excluding hydrogens is 330 g/mol. The molecule has 0 radical (unpaired) electrons. The van der Waals surface area contributed by atoms with Gasteiger partial charge < -0.3 is 24.9 Å². The van der Waals surface area contributed by atoms with Crippen molar-refractivity contribution >= 4 is 27.6 Å². The fourth-order valence-corrected chi connectivity index (χ4v) is 3.29. The minimum atomic E-state index is 0.450. The van der Waals surface area contributed by atoms with E-state index in [4.69, 9.17) is 19.9 Å². The summed E-state index contributed by atoms with van der Waals surface area (Å²) in [6.07, 6.45) is 0. The summed E-state index contributed by atoms with van der Waals surface area (Å²) in [5.74, 6) is 2.12. The van der Waals surface area contributed by atoms with Gasteiger partial charge in [0.2, 0.25) is 5.75 Å². The smallest absolute Gasteiger partial charge is 0.203 e. The van der Waals surface area contributed by atoms with Gasteiger partial charge in [-0.1, -0.05) is 18.2 Å². The number of aromatic nitrogens is 2. The highest BCUT2D eigenvalue weighted by atomic mass is 16.5. The summed E-state index contributed by atoms with van der Waals surface area (Å²) in [6.45, 7) is 0. The van der Waals surface area contributed by atoms with Gasteiger partial charge in [0.1, 0.15) is 5.82 Å². The van der Waals surface area contributed by atoms with E-state index in [9.17, 15) is 0 Å². The van der Waals surface area contributed by atoms with Crippen molar-refractivity contribution in [1.82, 2.24) is 9.97 Å². The van der Waals surface area contributed by atoms with Gasteiger partial charge in [-0.05, 0) is 24.3 Å². The summed E-state index contributed by atoms with van der Waals surface area (Å²) in [5, 5.41) is 2.13. The molecule has 0 aliphatic carbocycles. The van der Waals surface area contributed by atoms with Crippen molar-refractivity contribution in [3.05, 3.63) is 42.5 Å². The first-order valence-electron chi connectivity index (χ1n) is 8.13. The second-order valence-corrected chi connectivity index (χ2v) is 5.90. The first-order valence-corrected chi connectivity index (χ1v) is 8.13. The molecule has 6 heteroatoms. The Bertz CT molecular complexity index is 1090. The molecule has 4 aromatic rings. The van der Waals surface area contributed by atoms with E-state index in [1.807, 2.05) is 36.4 Å². The van der Waals surface area contributed by atoms with Crippen molar-refractivity contribution in [2.24, 2.45) is 0 Å². The molecule has 0 aliphatic rings. The first kappa shape index (κ1) is 16.1. The number of ether oxygens (including phenoxy) is 3. The predicted octanol–water partition coefficient (Wildman–Crippen LogP) is 3.99. The number of nitrogens with zero attached hydrogens (tertiary/aromatic N) is 1. The molecular formula is C20H19N3O3. The van der Waals surface area contributed by atoms with Crippen LogP contribution in [0.5, 0.6) is 17.2 Å². The molecule has 3 N–H and O–H groups in total. The van der Waals surface area contributed by atoms with Gasteiger partial charge in [0.15, 0.2) is 11.5 Å². The summed E-state index contributed by atoms with van der Waals surface area (Å²) >= 11 is 0. The monoisotopic (exact) mass is 349 g/mol. The van der Waals surface area contributed by atoms with Crippen molar-refractivity contribution < 1.29 is 14.2 Å². The third-order valence-electron chi connectivity index (χ3n) is 4.45. The van der Waals surface area contributed by atoms with Crippen LogP contribution < -0.4 is 19.9 Å². The zero-order valence-electron chi connectivity index (χ0n) is 14.8. The number of nitrogens with one attached hydrogen (secondary N) is 1. The number of methoxy groups -OCH3 is 3. The number of anilines is 1. The summed E-state index contributed by atoms with van der Waals surface area (Å²) in [6, 6.07) is 13.7. The predicted molar refractivity (Wildman–Crippen MR) is 103 cm³/mol. The highest BCUT2D eigenvalue weighted by Gasteiger charge is 2.18. The van der Waals surface area contributed by atoms with Crippen LogP contribution in [0.4, 0.5) is 5.82 Å². The number of fused-ring (bicyclic) bond motifs is 3. The molecule has 2 heterocycles. The van der Waals surface area contributed by atoms with Crippen LogP contribution in [-0.2, 0) is 0 Å². The van der Waals surface area contributed by atoms with E-state index >= 15 is 0 Å². The molecule has 0 bridgehead atoms. The fourth-order valence-electron chi connectivity index (χ4n) is 3.29. The number of hydrogen-bond acceptors (Lipinski definition) is 5. The number of nitrogen functional groups attached to an aromatic ring is 1. The van der Waals surface area contributed by atoms with E-state index in [-0.39, 0.29) is 0 Å². The van der Waals surface area contributed by atoms with Crippen molar-refractivity contribution in [3.63, 3.8) is 0 Å². The Balaban J connectivity index is 2.05. The first-order chi connectivity index (χ1) is 12.7. The Morgan fingerprint density at radius 1 is 0.885 bits per heavy atom. The third kappa shape index (κ3) is 2.38. The molecule has 0 atom stereocenters. The van der Waals surface area contributed by atoms with Crippen LogP contribution in [-0.4, -0.2) is 31.3 Å². The standard InChI is InChI=1S/C20H19N3O3/c1-24-15-8-11(9-16(25-2)20(15)26-3)18-19-13(10-17(21)23-18)12-6-4-5-7-14(12)22-19/h4-10,22H,1-3H3,(H2,21,23). The Hall–Kier alpha value is -3.41. The molecule has 26 heavy (non-hydrogen) atoms. The van der Waals surface area contributed by atoms with Crippen molar-refractivity contribution in [1.29, 1.82) is 0 Å². The number of aromatic amines is 1. The van der Waals surface area contributed by atoms with Gasteiger partial charge in [-0.2, -0.15) is 0 Å². The van der Waals surface area contributed by atoms with E-state index in [1.54, 1.807) is 21.3 Å². The van der Waals surface area contributed by atoms with Gasteiger partial charge in [0.05, 0.1) is 32.5 Å². The van der Waals surface area contributed by atoms with Gasteiger partial charge in [0.25, 0.3) is 0 Å². The Morgan fingerprint density at radius 2 is 1.58 bits per heavy atom. The van der Waals surface area contributed by atoms with Gasteiger partial charge in [0, 0.05) is 21.9 Å². The van der Waals surface area contributed by atoms with Crippen LogP contribution in [0.3, 0.4) is 0 Å². The van der Waals surface area contributed by atoms with Crippen LogP contribution in [0.1, 0.15) is 0 Å². The Morgan fingerprint density at radius 3 is 2.23 bits per heavy atom. The fraction of sp³-hybridized carbons (Fsp3) is 0.150. The van der Waals surface area contributed by atoms with E-state index in [1.165, 1.54) is 0 Å². The summed E-state index contributed by atoms with van der Waals surface area (Å²) < 4.78 is 16.3. The summed E-state index contributed by atoms with van der Waals surface area (Å²) in [5.41, 5.74) is 9.59. The molecule has 6 nitrogen and oxygen atoms in total. The lowest BCUT2D eigenvalue weighted by Gasteiger charge is -2.14. The maximum absolute atomic E-state index is 6.10. The largest absolute Gasteiger partial charge is 0.493 e. The maximum atomic E-state index is 6.10. The minimum Gasteiger partial charge on any atom is -0.493 e. The molecule has 0 fully saturated rings. The van der Waals surface area contributed by atoms with E-state index < -0.39 is 0 Å². The maximum Gasteiger partial charge on any atom is 0.203 e. The average Bonchev–Trinajstić information content (AvgIpc) is 3.04. The second-order valence-electron chi connectivity index (χ2n) is 5.90. The zero-order valence-corrected chi connectivity index (χ0v) is 14.8. The van der Waals surface area contributed by atoms with E-state index in [0.29, 0.717) is 23.1 Å². The molecule has 4 rings (SSSR count). The topological polar surface area (TPSA) is 82.4 Å². The molecule has 2 aromatic carbocycles. The zero-order chi connectivity index (χ0) is 18.3. The molecule has 0 saturated carbocycles. The van der Waals surface area contributed by atoms with Crippen LogP contribution in [0, 0.1) is 0 Å². The summed E-state index contributed by atoms with van der Waals surface area (Å²) in [4.78, 5) is 8.01. The lowest BCUT2D eigenvalue weighted by Crippen LogP contribution is -1.98. The van der Waals surface area contributed by atoms with Crippen molar-refractivity contribution in [3.8, 4) is 28.5 Å². The number of para-hydroxylation sites is 1. The van der Waals surface area contributed by atoms with E-state index in [0.717, 1.165) is 33.1 Å². The number of nitrogens with two attached hydrogens (primary N) is 1.